The molecule has 2 aliphatic rings. The number of rotatable bonds is 4. The predicted molar refractivity (Wildman–Crippen MR) is 103 cm³/mol. The van der Waals surface area contributed by atoms with E-state index in [4.69, 9.17) is 0 Å². The van der Waals surface area contributed by atoms with Crippen LogP contribution in [0.3, 0.4) is 0 Å². The molecule has 4 rings (SSSR count). The second kappa shape index (κ2) is 7.75. The lowest BCUT2D eigenvalue weighted by atomic mass is 9.77. The number of fused-ring (bicyclic) bond motifs is 1. The van der Waals surface area contributed by atoms with Crippen LogP contribution in [0.2, 0.25) is 0 Å². The van der Waals surface area contributed by atoms with Gasteiger partial charge in [0.25, 0.3) is 5.91 Å². The maximum Gasteiger partial charge on any atom is 0.268 e. The molecule has 0 unspecified atom stereocenters. The summed E-state index contributed by atoms with van der Waals surface area (Å²) in [5.74, 6) is 0.523. The molecule has 1 saturated carbocycles. The quantitative estimate of drug-likeness (QED) is 0.826. The van der Waals surface area contributed by atoms with Crippen LogP contribution in [0, 0.1) is 11.8 Å². The van der Waals surface area contributed by atoms with E-state index in [1.807, 2.05) is 36.3 Å². The third-order valence-corrected chi connectivity index (χ3v) is 6.07. The van der Waals surface area contributed by atoms with Crippen molar-refractivity contribution in [3.05, 3.63) is 54.1 Å². The average Bonchev–Trinajstić information content (AvgIpc) is 3.28. The van der Waals surface area contributed by atoms with Gasteiger partial charge in [-0.2, -0.15) is 0 Å². The molecule has 2 fully saturated rings. The van der Waals surface area contributed by atoms with E-state index in [0.29, 0.717) is 44.0 Å². The van der Waals surface area contributed by atoms with Gasteiger partial charge < -0.3 is 19.9 Å². The van der Waals surface area contributed by atoms with Crippen LogP contribution >= 0.6 is 0 Å². The standard InChI is InChI=1S/C21H26N4O3/c1-24-7-3-5-18(24)21(28)23-17-9-15-12-25(13-16(15)10-19(17)26)20(27)8-14-4-2-6-22-11-14/h2-7,11,15-17,19,26H,8-10,12-13H2,1H3,(H,23,28)/t15-,16+,17-,19-/m0/s1. The lowest BCUT2D eigenvalue weighted by molar-refractivity contribution is -0.129. The van der Waals surface area contributed by atoms with Crippen LogP contribution in [0.1, 0.15) is 28.9 Å². The van der Waals surface area contributed by atoms with E-state index >= 15 is 0 Å². The topological polar surface area (TPSA) is 87.5 Å². The van der Waals surface area contributed by atoms with Gasteiger partial charge in [0, 0.05) is 38.7 Å². The molecule has 7 nitrogen and oxygen atoms in total. The molecule has 0 radical (unpaired) electrons. The Labute approximate surface area is 164 Å². The van der Waals surface area contributed by atoms with Crippen LogP contribution in [0.5, 0.6) is 0 Å². The molecule has 1 aliphatic heterocycles. The number of likely N-dealkylation sites (tertiary alicyclic amines) is 1. The van der Waals surface area contributed by atoms with E-state index in [1.54, 1.807) is 23.0 Å². The van der Waals surface area contributed by atoms with Crippen molar-refractivity contribution in [2.75, 3.05) is 13.1 Å². The van der Waals surface area contributed by atoms with Gasteiger partial charge in [0.15, 0.2) is 0 Å². The number of carbonyl (C=O) groups is 2. The van der Waals surface area contributed by atoms with Crippen LogP contribution in [-0.2, 0) is 18.3 Å². The van der Waals surface area contributed by atoms with Gasteiger partial charge in [0.1, 0.15) is 5.69 Å². The molecule has 1 aliphatic carbocycles. The molecular formula is C21H26N4O3. The van der Waals surface area contributed by atoms with Crippen molar-refractivity contribution >= 4 is 11.8 Å². The Morgan fingerprint density at radius 3 is 2.68 bits per heavy atom. The fourth-order valence-electron chi connectivity index (χ4n) is 4.52. The first kappa shape index (κ1) is 18.7. The second-order valence-corrected chi connectivity index (χ2v) is 7.98. The monoisotopic (exact) mass is 382 g/mol. The van der Waals surface area contributed by atoms with Gasteiger partial charge in [-0.05, 0) is 48.4 Å². The highest BCUT2D eigenvalue weighted by Gasteiger charge is 2.43. The first-order valence-electron chi connectivity index (χ1n) is 9.78. The molecule has 148 valence electrons. The van der Waals surface area contributed by atoms with Crippen molar-refractivity contribution in [1.29, 1.82) is 0 Å². The number of nitrogens with one attached hydrogen (secondary N) is 1. The molecule has 0 spiro atoms. The van der Waals surface area contributed by atoms with Crippen LogP contribution in [0.15, 0.2) is 42.9 Å². The Kier molecular flexibility index (Phi) is 5.17. The zero-order valence-electron chi connectivity index (χ0n) is 16.0. The van der Waals surface area contributed by atoms with Crippen molar-refractivity contribution in [1.82, 2.24) is 19.8 Å². The van der Waals surface area contributed by atoms with Crippen molar-refractivity contribution in [2.45, 2.75) is 31.4 Å². The third-order valence-electron chi connectivity index (χ3n) is 6.07. The molecule has 2 aromatic rings. The van der Waals surface area contributed by atoms with Gasteiger partial charge in [0.05, 0.1) is 18.6 Å². The predicted octanol–water partition coefficient (Wildman–Crippen LogP) is 0.990. The van der Waals surface area contributed by atoms with E-state index in [1.165, 1.54) is 0 Å². The number of aliphatic hydroxyl groups excluding tert-OH is 1. The summed E-state index contributed by atoms with van der Waals surface area (Å²) >= 11 is 0. The molecule has 2 N–H and O–H groups in total. The molecule has 2 aromatic heterocycles. The Morgan fingerprint density at radius 1 is 1.21 bits per heavy atom. The highest BCUT2D eigenvalue weighted by atomic mass is 16.3. The zero-order valence-corrected chi connectivity index (χ0v) is 16.0. The van der Waals surface area contributed by atoms with E-state index < -0.39 is 6.10 Å². The summed E-state index contributed by atoms with van der Waals surface area (Å²) < 4.78 is 1.77. The van der Waals surface area contributed by atoms with Gasteiger partial charge in [-0.1, -0.05) is 6.07 Å². The van der Waals surface area contributed by atoms with Crippen LogP contribution in [-0.4, -0.2) is 56.6 Å². The first-order chi connectivity index (χ1) is 13.5. The summed E-state index contributed by atoms with van der Waals surface area (Å²) in [7, 11) is 1.82. The summed E-state index contributed by atoms with van der Waals surface area (Å²) in [6.45, 7) is 1.37. The third kappa shape index (κ3) is 3.80. The van der Waals surface area contributed by atoms with Crippen LogP contribution < -0.4 is 5.32 Å². The summed E-state index contributed by atoms with van der Waals surface area (Å²) in [4.78, 5) is 31.1. The summed E-state index contributed by atoms with van der Waals surface area (Å²) in [5, 5.41) is 13.5. The molecule has 2 amide bonds. The van der Waals surface area contributed by atoms with Gasteiger partial charge in [-0.15, -0.1) is 0 Å². The lowest BCUT2D eigenvalue weighted by Gasteiger charge is -2.35. The van der Waals surface area contributed by atoms with E-state index in [9.17, 15) is 14.7 Å². The highest BCUT2D eigenvalue weighted by molar-refractivity contribution is 5.93. The number of hydrogen-bond donors (Lipinski definition) is 2. The molecule has 0 bridgehead atoms. The number of nitrogens with zero attached hydrogens (tertiary/aromatic N) is 3. The number of aliphatic hydroxyl groups is 1. The normalized spacial score (nSPS) is 26.7. The average molecular weight is 382 g/mol. The number of pyridine rings is 1. The Bertz CT molecular complexity index is 850. The molecule has 28 heavy (non-hydrogen) atoms. The summed E-state index contributed by atoms with van der Waals surface area (Å²) in [6.07, 6.45) is 6.31. The first-order valence-corrected chi connectivity index (χ1v) is 9.78. The summed E-state index contributed by atoms with van der Waals surface area (Å²) in [6, 6.07) is 7.06. The van der Waals surface area contributed by atoms with E-state index in [-0.39, 0.29) is 23.8 Å². The minimum atomic E-state index is -0.584. The smallest absolute Gasteiger partial charge is 0.268 e. The second-order valence-electron chi connectivity index (χ2n) is 7.98. The number of aryl methyl sites for hydroxylation is 1. The minimum absolute atomic E-state index is 0.0984. The van der Waals surface area contributed by atoms with E-state index in [2.05, 4.69) is 10.3 Å². The Hall–Kier alpha value is -2.67. The molecule has 4 atom stereocenters. The number of carbonyl (C=O) groups excluding carboxylic acids is 2. The fourth-order valence-corrected chi connectivity index (χ4v) is 4.52. The van der Waals surface area contributed by atoms with Crippen molar-refractivity contribution in [3.8, 4) is 0 Å². The molecule has 1 saturated heterocycles. The molecule has 3 heterocycles. The minimum Gasteiger partial charge on any atom is -0.391 e. The Morgan fingerprint density at radius 2 is 2.00 bits per heavy atom. The zero-order chi connectivity index (χ0) is 19.7. The van der Waals surface area contributed by atoms with Crippen LogP contribution in [0.25, 0.3) is 0 Å². The maximum atomic E-state index is 12.7. The van der Waals surface area contributed by atoms with Gasteiger partial charge in [0.2, 0.25) is 5.91 Å². The number of amides is 2. The van der Waals surface area contributed by atoms with Crippen LogP contribution in [0.4, 0.5) is 0 Å². The SMILES string of the molecule is Cn1cccc1C(=O)N[C@H]1C[C@H]2CN(C(=O)Cc3cccnc3)C[C@H]2C[C@@H]1O. The molecule has 0 aromatic carbocycles. The van der Waals surface area contributed by atoms with Gasteiger partial charge in [-0.25, -0.2) is 0 Å². The number of aromatic nitrogens is 2. The molecule has 7 heteroatoms. The van der Waals surface area contributed by atoms with Crippen molar-refractivity contribution in [3.63, 3.8) is 0 Å². The fraction of sp³-hybridized carbons (Fsp3) is 0.476. The van der Waals surface area contributed by atoms with Crippen molar-refractivity contribution < 1.29 is 14.7 Å². The van der Waals surface area contributed by atoms with Gasteiger partial charge in [-0.3, -0.25) is 14.6 Å². The van der Waals surface area contributed by atoms with Crippen molar-refractivity contribution in [2.24, 2.45) is 18.9 Å². The van der Waals surface area contributed by atoms with Gasteiger partial charge >= 0.3 is 0 Å². The lowest BCUT2D eigenvalue weighted by Crippen LogP contribution is -2.49. The largest absolute Gasteiger partial charge is 0.391 e. The maximum absolute atomic E-state index is 12.7. The molecular weight excluding hydrogens is 356 g/mol. The van der Waals surface area contributed by atoms with E-state index in [0.717, 1.165) is 5.56 Å². The summed E-state index contributed by atoms with van der Waals surface area (Å²) in [5.41, 5.74) is 1.49. The number of hydrogen-bond acceptors (Lipinski definition) is 4. The Balaban J connectivity index is 1.36. The highest BCUT2D eigenvalue weighted by Crippen LogP contribution is 2.36.